The first-order valence-corrected chi connectivity index (χ1v) is 12.2. The Morgan fingerprint density at radius 1 is 1.22 bits per heavy atom. The zero-order valence-electron chi connectivity index (χ0n) is 20.9. The molecule has 0 spiro atoms. The van der Waals surface area contributed by atoms with Gasteiger partial charge in [0.05, 0.1) is 6.07 Å². The van der Waals surface area contributed by atoms with Crippen LogP contribution < -0.4 is 16.0 Å². The number of hydrogen-bond donors (Lipinski definition) is 3. The summed E-state index contributed by atoms with van der Waals surface area (Å²) >= 11 is 0. The van der Waals surface area contributed by atoms with Crippen molar-refractivity contribution >= 4 is 23.6 Å². The van der Waals surface area contributed by atoms with Crippen LogP contribution in [0.2, 0.25) is 0 Å². The molecule has 8 atom stereocenters. The number of alkyl halides is 3. The fraction of sp³-hybridized carbons (Fsp3) is 0.792. The van der Waals surface area contributed by atoms with E-state index in [0.29, 0.717) is 0 Å². The second-order valence-electron chi connectivity index (χ2n) is 12.2. The van der Waals surface area contributed by atoms with E-state index in [-0.39, 0.29) is 54.0 Å². The summed E-state index contributed by atoms with van der Waals surface area (Å²) in [6, 6.07) is -1.29. The average Bonchev–Trinajstić information content (AvgIpc) is 3.47. The Labute approximate surface area is 207 Å². The van der Waals surface area contributed by atoms with E-state index in [1.807, 2.05) is 25.2 Å². The Morgan fingerprint density at radius 2 is 1.86 bits per heavy atom. The molecule has 3 N–H and O–H groups in total. The number of rotatable bonds is 6. The smallest absolute Gasteiger partial charge is 0.353 e. The lowest BCUT2D eigenvalue weighted by Gasteiger charge is -2.37. The van der Waals surface area contributed by atoms with Gasteiger partial charge in [-0.2, -0.15) is 18.4 Å². The van der Waals surface area contributed by atoms with Crippen LogP contribution in [0, 0.1) is 45.8 Å². The molecule has 9 nitrogen and oxygen atoms in total. The van der Waals surface area contributed by atoms with Gasteiger partial charge in [0, 0.05) is 18.5 Å². The number of fused-ring (bicyclic) bond motifs is 2. The van der Waals surface area contributed by atoms with Crippen molar-refractivity contribution < 1.29 is 32.3 Å². The van der Waals surface area contributed by atoms with Crippen LogP contribution in [-0.2, 0) is 19.2 Å². The van der Waals surface area contributed by atoms with Crippen LogP contribution in [0.15, 0.2) is 0 Å². The summed E-state index contributed by atoms with van der Waals surface area (Å²) < 4.78 is 38.9. The van der Waals surface area contributed by atoms with Crippen LogP contribution >= 0.6 is 0 Å². The number of nitrogens with one attached hydrogen (secondary N) is 3. The topological polar surface area (TPSA) is 131 Å². The molecule has 0 aromatic rings. The van der Waals surface area contributed by atoms with Crippen molar-refractivity contribution in [2.75, 3.05) is 6.54 Å². The first-order chi connectivity index (χ1) is 16.5. The highest BCUT2D eigenvalue weighted by atomic mass is 19.4. The average molecular weight is 512 g/mol. The fourth-order valence-corrected chi connectivity index (χ4v) is 6.09. The SMILES string of the molecule is CC(C)(C)[C@H](NC(=O)C(F)(F)F)C(=O)N1C[C@H]2[C@@H]([C@H]1C(=O)N[C@H](C#N)C[C@@H]1C(=O)N[C@H]3C[C@H]31)C2(C)C. The van der Waals surface area contributed by atoms with Gasteiger partial charge in [0.25, 0.3) is 0 Å². The van der Waals surface area contributed by atoms with E-state index in [4.69, 9.17) is 0 Å². The molecule has 0 radical (unpaired) electrons. The molecule has 0 aromatic heterocycles. The molecule has 2 saturated heterocycles. The largest absolute Gasteiger partial charge is 0.471 e. The Morgan fingerprint density at radius 3 is 2.36 bits per heavy atom. The first-order valence-electron chi connectivity index (χ1n) is 12.2. The molecule has 2 heterocycles. The fourth-order valence-electron chi connectivity index (χ4n) is 6.09. The van der Waals surface area contributed by atoms with E-state index in [1.165, 1.54) is 25.7 Å². The van der Waals surface area contributed by atoms with E-state index >= 15 is 0 Å². The van der Waals surface area contributed by atoms with E-state index < -0.39 is 47.4 Å². The number of halogens is 3. The Balaban J connectivity index is 1.52. The molecule has 4 fully saturated rings. The van der Waals surface area contributed by atoms with Crippen LogP contribution in [0.4, 0.5) is 13.2 Å². The van der Waals surface area contributed by atoms with Crippen molar-refractivity contribution in [3.63, 3.8) is 0 Å². The molecule has 4 rings (SSSR count). The number of likely N-dealkylation sites (tertiary alicyclic amines) is 1. The lowest BCUT2D eigenvalue weighted by molar-refractivity contribution is -0.176. The number of piperidine rings is 2. The van der Waals surface area contributed by atoms with Gasteiger partial charge < -0.3 is 20.9 Å². The van der Waals surface area contributed by atoms with Gasteiger partial charge in [0.1, 0.15) is 18.1 Å². The molecule has 4 aliphatic rings. The third kappa shape index (κ3) is 4.52. The molecule has 36 heavy (non-hydrogen) atoms. The molecule has 2 aliphatic heterocycles. The summed E-state index contributed by atoms with van der Waals surface area (Å²) in [4.78, 5) is 52.0. The minimum atomic E-state index is -5.16. The van der Waals surface area contributed by atoms with E-state index in [0.717, 1.165) is 6.42 Å². The number of nitriles is 1. The van der Waals surface area contributed by atoms with Crippen molar-refractivity contribution in [1.29, 1.82) is 5.26 Å². The first kappa shape index (κ1) is 26.2. The number of hydrogen-bond acceptors (Lipinski definition) is 5. The molecular weight excluding hydrogens is 479 g/mol. The lowest BCUT2D eigenvalue weighted by Crippen LogP contribution is -2.61. The summed E-state index contributed by atoms with van der Waals surface area (Å²) in [5, 5.41) is 17.0. The van der Waals surface area contributed by atoms with Crippen molar-refractivity contribution in [2.24, 2.45) is 34.5 Å². The van der Waals surface area contributed by atoms with Crippen molar-refractivity contribution in [1.82, 2.24) is 20.9 Å². The van der Waals surface area contributed by atoms with E-state index in [2.05, 4.69) is 10.6 Å². The lowest BCUT2D eigenvalue weighted by atomic mass is 9.85. The van der Waals surface area contributed by atoms with Crippen molar-refractivity contribution in [2.45, 2.75) is 77.8 Å². The highest BCUT2D eigenvalue weighted by molar-refractivity contribution is 5.95. The number of carbonyl (C=O) groups is 4. The molecule has 2 saturated carbocycles. The predicted octanol–water partition coefficient (Wildman–Crippen LogP) is 1.10. The molecule has 12 heteroatoms. The summed E-state index contributed by atoms with van der Waals surface area (Å²) in [6.45, 7) is 8.67. The molecule has 4 amide bonds. The Bertz CT molecular complexity index is 1030. The summed E-state index contributed by atoms with van der Waals surface area (Å²) in [7, 11) is 0. The van der Waals surface area contributed by atoms with Crippen LogP contribution in [-0.4, -0.2) is 65.4 Å². The predicted molar refractivity (Wildman–Crippen MR) is 119 cm³/mol. The Hall–Kier alpha value is -2.84. The highest BCUT2D eigenvalue weighted by Gasteiger charge is 2.70. The van der Waals surface area contributed by atoms with Crippen molar-refractivity contribution in [3.05, 3.63) is 0 Å². The summed E-state index contributed by atoms with van der Waals surface area (Å²) in [5.74, 6) is -4.19. The zero-order chi connectivity index (χ0) is 27.0. The van der Waals surface area contributed by atoms with Gasteiger partial charge in [0.2, 0.25) is 17.7 Å². The van der Waals surface area contributed by atoms with Gasteiger partial charge in [0.15, 0.2) is 0 Å². The minimum absolute atomic E-state index is 0.0375. The molecule has 0 unspecified atom stereocenters. The maximum absolute atomic E-state index is 13.5. The van der Waals surface area contributed by atoms with Gasteiger partial charge in [-0.3, -0.25) is 19.2 Å². The van der Waals surface area contributed by atoms with E-state index in [9.17, 15) is 37.6 Å². The second kappa shape index (κ2) is 8.35. The second-order valence-corrected chi connectivity index (χ2v) is 12.2. The Kier molecular flexibility index (Phi) is 6.08. The maximum Gasteiger partial charge on any atom is 0.471 e. The minimum Gasteiger partial charge on any atom is -0.353 e. The molecular formula is C24H32F3N5O4. The monoisotopic (exact) mass is 511 g/mol. The highest BCUT2D eigenvalue weighted by Crippen LogP contribution is 2.65. The van der Waals surface area contributed by atoms with Crippen LogP contribution in [0.3, 0.4) is 0 Å². The van der Waals surface area contributed by atoms with Crippen LogP contribution in [0.1, 0.15) is 47.5 Å². The number of amides is 4. The zero-order valence-corrected chi connectivity index (χ0v) is 20.9. The third-order valence-corrected chi connectivity index (χ3v) is 8.39. The standard InChI is InChI=1S/C24H32F3N5O4/c1-22(2,3)17(31-21(36)24(25,26)27)20(35)32-9-13-15(23(13,4)5)16(32)19(34)29-10(8-28)6-12-11-7-14(11)30-18(12)33/h10-17H,6-7,9H2,1-5H3,(H,29,34)(H,30,33)(H,31,36)/t10-,11-,12-,13-,14-,15-,16-,17+/m0/s1. The molecule has 2 aliphatic carbocycles. The molecule has 198 valence electrons. The van der Waals surface area contributed by atoms with Gasteiger partial charge in [-0.1, -0.05) is 34.6 Å². The maximum atomic E-state index is 13.5. The summed E-state index contributed by atoms with van der Waals surface area (Å²) in [6.07, 6.45) is -4.16. The van der Waals surface area contributed by atoms with Crippen molar-refractivity contribution in [3.8, 4) is 6.07 Å². The van der Waals surface area contributed by atoms with Crippen LogP contribution in [0.5, 0.6) is 0 Å². The third-order valence-electron chi connectivity index (χ3n) is 8.39. The number of carbonyl (C=O) groups excluding carboxylic acids is 4. The molecule has 0 bridgehead atoms. The van der Waals surface area contributed by atoms with Gasteiger partial charge in [-0.15, -0.1) is 0 Å². The molecule has 0 aromatic carbocycles. The summed E-state index contributed by atoms with van der Waals surface area (Å²) in [5.41, 5.74) is -1.33. The van der Waals surface area contributed by atoms with Gasteiger partial charge in [-0.05, 0) is 41.4 Å². The number of nitrogens with zero attached hydrogens (tertiary/aromatic N) is 2. The van der Waals surface area contributed by atoms with Gasteiger partial charge >= 0.3 is 12.1 Å². The van der Waals surface area contributed by atoms with Crippen LogP contribution in [0.25, 0.3) is 0 Å². The van der Waals surface area contributed by atoms with E-state index in [1.54, 1.807) is 0 Å². The van der Waals surface area contributed by atoms with Gasteiger partial charge in [-0.25, -0.2) is 0 Å². The quantitative estimate of drug-likeness (QED) is 0.492. The normalized spacial score (nSPS) is 33.4.